The van der Waals surface area contributed by atoms with E-state index in [4.69, 9.17) is 4.84 Å². The van der Waals surface area contributed by atoms with Crippen LogP contribution in [0.25, 0.3) is 0 Å². The van der Waals surface area contributed by atoms with Gasteiger partial charge in [-0.15, -0.1) is 0 Å². The largest absolute Gasteiger partial charge is 0.302 e. The van der Waals surface area contributed by atoms with E-state index in [1.165, 1.54) is 32.1 Å². The van der Waals surface area contributed by atoms with E-state index in [0.29, 0.717) is 6.04 Å². The monoisotopic (exact) mass is 157 g/mol. The van der Waals surface area contributed by atoms with E-state index in [0.717, 1.165) is 13.0 Å². The van der Waals surface area contributed by atoms with Crippen LogP contribution in [-0.2, 0) is 4.84 Å². The number of rotatable bonds is 4. The van der Waals surface area contributed by atoms with Gasteiger partial charge >= 0.3 is 0 Å². The van der Waals surface area contributed by atoms with Crippen molar-refractivity contribution in [3.63, 3.8) is 0 Å². The van der Waals surface area contributed by atoms with Crippen LogP contribution >= 0.6 is 0 Å². The molecule has 1 N–H and O–H groups in total. The Bertz CT molecular complexity index is 89.6. The first-order valence-corrected chi connectivity index (χ1v) is 4.81. The van der Waals surface area contributed by atoms with Gasteiger partial charge in [0, 0.05) is 6.04 Å². The fourth-order valence-electron chi connectivity index (χ4n) is 1.50. The van der Waals surface area contributed by atoms with Crippen molar-refractivity contribution >= 4 is 0 Å². The van der Waals surface area contributed by atoms with Crippen molar-refractivity contribution in [2.24, 2.45) is 0 Å². The first kappa shape index (κ1) is 9.01. The van der Waals surface area contributed by atoms with Gasteiger partial charge in [-0.25, -0.2) is 0 Å². The molecule has 0 atom stereocenters. The van der Waals surface area contributed by atoms with Crippen LogP contribution in [0.15, 0.2) is 0 Å². The molecule has 0 spiro atoms. The number of hydroxylamine groups is 1. The van der Waals surface area contributed by atoms with E-state index in [2.05, 4.69) is 12.4 Å². The maximum Gasteiger partial charge on any atom is 0.0679 e. The summed E-state index contributed by atoms with van der Waals surface area (Å²) in [6.45, 7) is 2.97. The Kier molecular flexibility index (Phi) is 4.55. The van der Waals surface area contributed by atoms with Crippen LogP contribution in [0.3, 0.4) is 0 Å². The number of hydrogen-bond donors (Lipinski definition) is 1. The Morgan fingerprint density at radius 2 is 2.00 bits per heavy atom. The molecule has 0 saturated heterocycles. The summed E-state index contributed by atoms with van der Waals surface area (Å²) < 4.78 is 0. The van der Waals surface area contributed by atoms with Gasteiger partial charge in [0.15, 0.2) is 0 Å². The molecule has 66 valence electrons. The van der Waals surface area contributed by atoms with Crippen molar-refractivity contribution in [3.8, 4) is 0 Å². The smallest absolute Gasteiger partial charge is 0.0679 e. The molecule has 0 aromatic rings. The van der Waals surface area contributed by atoms with Crippen LogP contribution < -0.4 is 5.48 Å². The molecule has 0 radical (unpaired) electrons. The van der Waals surface area contributed by atoms with E-state index < -0.39 is 0 Å². The zero-order chi connectivity index (χ0) is 7.94. The van der Waals surface area contributed by atoms with E-state index >= 15 is 0 Å². The van der Waals surface area contributed by atoms with Crippen LogP contribution in [0.2, 0.25) is 0 Å². The second-order valence-corrected chi connectivity index (χ2v) is 3.30. The zero-order valence-corrected chi connectivity index (χ0v) is 7.44. The van der Waals surface area contributed by atoms with E-state index in [9.17, 15) is 0 Å². The Hall–Kier alpha value is -0.0800. The van der Waals surface area contributed by atoms with Crippen molar-refractivity contribution in [1.29, 1.82) is 0 Å². The second kappa shape index (κ2) is 5.56. The highest BCUT2D eigenvalue weighted by atomic mass is 16.6. The molecule has 2 heteroatoms. The standard InChI is InChI=1S/C9H19NO/c1-2-8-11-10-9-6-4-3-5-7-9/h9-10H,2-8H2,1H3. The molecular weight excluding hydrogens is 138 g/mol. The third-order valence-corrected chi connectivity index (χ3v) is 2.16. The molecule has 1 aliphatic rings. The average molecular weight is 157 g/mol. The van der Waals surface area contributed by atoms with Crippen molar-refractivity contribution < 1.29 is 4.84 Å². The SMILES string of the molecule is CCCONC1CCCCC1. The van der Waals surface area contributed by atoms with E-state index in [1.54, 1.807) is 0 Å². The maximum atomic E-state index is 5.27. The molecule has 0 amide bonds. The minimum absolute atomic E-state index is 0.635. The summed E-state index contributed by atoms with van der Waals surface area (Å²) in [6, 6.07) is 0.635. The van der Waals surface area contributed by atoms with Gasteiger partial charge in [0.05, 0.1) is 6.61 Å². The van der Waals surface area contributed by atoms with Gasteiger partial charge in [0.25, 0.3) is 0 Å². The van der Waals surface area contributed by atoms with Crippen molar-refractivity contribution in [1.82, 2.24) is 5.48 Å². The first-order valence-electron chi connectivity index (χ1n) is 4.81. The summed E-state index contributed by atoms with van der Waals surface area (Å²) in [4.78, 5) is 5.27. The third kappa shape index (κ3) is 3.73. The quantitative estimate of drug-likeness (QED) is 0.499. The van der Waals surface area contributed by atoms with Gasteiger partial charge < -0.3 is 4.84 Å². The first-order chi connectivity index (χ1) is 5.43. The summed E-state index contributed by atoms with van der Waals surface area (Å²) in [6.07, 6.45) is 7.83. The topological polar surface area (TPSA) is 21.3 Å². The fourth-order valence-corrected chi connectivity index (χ4v) is 1.50. The molecule has 1 rings (SSSR count). The molecule has 1 fully saturated rings. The second-order valence-electron chi connectivity index (χ2n) is 3.30. The highest BCUT2D eigenvalue weighted by Gasteiger charge is 2.11. The predicted octanol–water partition coefficient (Wildman–Crippen LogP) is 2.25. The minimum atomic E-state index is 0.635. The predicted molar refractivity (Wildman–Crippen MR) is 46.3 cm³/mol. The molecule has 0 bridgehead atoms. The summed E-state index contributed by atoms with van der Waals surface area (Å²) in [7, 11) is 0. The van der Waals surface area contributed by atoms with Crippen LogP contribution in [0.5, 0.6) is 0 Å². The summed E-state index contributed by atoms with van der Waals surface area (Å²) >= 11 is 0. The van der Waals surface area contributed by atoms with E-state index in [1.807, 2.05) is 0 Å². The molecule has 0 aromatic heterocycles. The molecule has 1 aliphatic carbocycles. The summed E-state index contributed by atoms with van der Waals surface area (Å²) in [5.41, 5.74) is 3.12. The lowest BCUT2D eigenvalue weighted by Crippen LogP contribution is -2.31. The van der Waals surface area contributed by atoms with Crippen molar-refractivity contribution in [2.75, 3.05) is 6.61 Å². The van der Waals surface area contributed by atoms with Crippen molar-refractivity contribution in [2.45, 2.75) is 51.5 Å². The minimum Gasteiger partial charge on any atom is -0.302 e. The molecule has 2 nitrogen and oxygen atoms in total. The average Bonchev–Trinajstić information content (AvgIpc) is 2.07. The third-order valence-electron chi connectivity index (χ3n) is 2.16. The van der Waals surface area contributed by atoms with Crippen LogP contribution in [-0.4, -0.2) is 12.6 Å². The molecule has 1 saturated carbocycles. The molecule has 11 heavy (non-hydrogen) atoms. The van der Waals surface area contributed by atoms with Crippen molar-refractivity contribution in [3.05, 3.63) is 0 Å². The summed E-state index contributed by atoms with van der Waals surface area (Å²) in [5, 5.41) is 0. The highest BCUT2D eigenvalue weighted by molar-refractivity contribution is 4.67. The van der Waals surface area contributed by atoms with Gasteiger partial charge in [-0.3, -0.25) is 0 Å². The maximum absolute atomic E-state index is 5.27. The van der Waals surface area contributed by atoms with Crippen LogP contribution in [0.4, 0.5) is 0 Å². The lowest BCUT2D eigenvalue weighted by Gasteiger charge is -2.21. The van der Waals surface area contributed by atoms with Gasteiger partial charge in [-0.2, -0.15) is 5.48 Å². The van der Waals surface area contributed by atoms with Crippen LogP contribution in [0, 0.1) is 0 Å². The summed E-state index contributed by atoms with van der Waals surface area (Å²) in [5.74, 6) is 0. The molecule has 0 heterocycles. The van der Waals surface area contributed by atoms with Gasteiger partial charge in [-0.05, 0) is 19.3 Å². The fraction of sp³-hybridized carbons (Fsp3) is 1.00. The normalized spacial score (nSPS) is 20.5. The highest BCUT2D eigenvalue weighted by Crippen LogP contribution is 2.17. The molecule has 0 aromatic carbocycles. The zero-order valence-electron chi connectivity index (χ0n) is 7.44. The number of hydrogen-bond acceptors (Lipinski definition) is 2. The Morgan fingerprint density at radius 1 is 1.27 bits per heavy atom. The Balaban J connectivity index is 1.96. The van der Waals surface area contributed by atoms with Crippen LogP contribution in [0.1, 0.15) is 45.4 Å². The molecular formula is C9H19NO. The number of nitrogens with one attached hydrogen (secondary N) is 1. The lowest BCUT2D eigenvalue weighted by atomic mass is 9.96. The Labute approximate surface area is 69.3 Å². The lowest BCUT2D eigenvalue weighted by molar-refractivity contribution is 0.00765. The molecule has 0 unspecified atom stereocenters. The molecule has 0 aliphatic heterocycles. The van der Waals surface area contributed by atoms with Gasteiger partial charge in [0.1, 0.15) is 0 Å². The Morgan fingerprint density at radius 3 is 2.64 bits per heavy atom. The van der Waals surface area contributed by atoms with Gasteiger partial charge in [0.2, 0.25) is 0 Å². The van der Waals surface area contributed by atoms with E-state index in [-0.39, 0.29) is 0 Å². The van der Waals surface area contributed by atoms with Gasteiger partial charge in [-0.1, -0.05) is 26.2 Å².